The summed E-state index contributed by atoms with van der Waals surface area (Å²) in [5.74, 6) is 0.330. The lowest BCUT2D eigenvalue weighted by Crippen LogP contribution is -2.12. The minimum Gasteiger partial charge on any atom is -0.322 e. The topological polar surface area (TPSA) is 54.9 Å². The van der Waals surface area contributed by atoms with Crippen LogP contribution in [0, 0.1) is 0 Å². The van der Waals surface area contributed by atoms with Crippen molar-refractivity contribution in [2.75, 3.05) is 5.32 Å². The van der Waals surface area contributed by atoms with E-state index in [-0.39, 0.29) is 5.91 Å². The van der Waals surface area contributed by atoms with Gasteiger partial charge in [0, 0.05) is 22.4 Å². The van der Waals surface area contributed by atoms with E-state index >= 15 is 0 Å². The van der Waals surface area contributed by atoms with E-state index in [9.17, 15) is 4.79 Å². The minimum absolute atomic E-state index is 0.168. The molecule has 1 amide bonds. The number of nitrogens with zero attached hydrogens (tertiary/aromatic N) is 2. The number of fused-ring (bicyclic) bond motifs is 1. The lowest BCUT2D eigenvalue weighted by atomic mass is 9.98. The lowest BCUT2D eigenvalue weighted by molar-refractivity contribution is 0.102. The van der Waals surface area contributed by atoms with Crippen molar-refractivity contribution in [1.82, 2.24) is 9.97 Å². The van der Waals surface area contributed by atoms with Gasteiger partial charge >= 0.3 is 0 Å². The number of rotatable bonds is 6. The number of hydrogen-bond acceptors (Lipinski definition) is 3. The molecule has 0 aliphatic carbocycles. The summed E-state index contributed by atoms with van der Waals surface area (Å²) in [4.78, 5) is 22.9. The van der Waals surface area contributed by atoms with E-state index in [0.717, 1.165) is 40.1 Å². The quantitative estimate of drug-likeness (QED) is 0.284. The SMILES string of the molecule is CC[C@@H](C)c1ccc(NC(=O)c2ccc3nc(-c4ccccc4)c(-c4ccccc4)nc3c2)cc1. The largest absolute Gasteiger partial charge is 0.322 e. The van der Waals surface area contributed by atoms with Crippen molar-refractivity contribution < 1.29 is 4.79 Å². The molecule has 0 bridgehead atoms. The Balaban J connectivity index is 1.50. The van der Waals surface area contributed by atoms with Crippen LogP contribution >= 0.6 is 0 Å². The molecule has 4 aromatic carbocycles. The lowest BCUT2D eigenvalue weighted by Gasteiger charge is -2.12. The summed E-state index contributed by atoms with van der Waals surface area (Å²) in [5.41, 5.74) is 7.63. The van der Waals surface area contributed by atoms with E-state index in [4.69, 9.17) is 9.97 Å². The Morgan fingerprint density at radius 2 is 1.31 bits per heavy atom. The Morgan fingerprint density at radius 3 is 1.89 bits per heavy atom. The van der Waals surface area contributed by atoms with E-state index in [0.29, 0.717) is 17.0 Å². The second kappa shape index (κ2) is 9.90. The van der Waals surface area contributed by atoms with Crippen molar-refractivity contribution in [3.63, 3.8) is 0 Å². The van der Waals surface area contributed by atoms with Crippen LogP contribution in [0.4, 0.5) is 5.69 Å². The average Bonchev–Trinajstić information content (AvgIpc) is 2.93. The van der Waals surface area contributed by atoms with E-state index in [1.807, 2.05) is 84.9 Å². The van der Waals surface area contributed by atoms with E-state index < -0.39 is 0 Å². The summed E-state index contributed by atoms with van der Waals surface area (Å²) < 4.78 is 0. The molecular formula is C31H27N3O. The molecule has 4 nitrogen and oxygen atoms in total. The molecule has 172 valence electrons. The van der Waals surface area contributed by atoms with Gasteiger partial charge in [0.15, 0.2) is 0 Å². The molecule has 0 fully saturated rings. The summed E-state index contributed by atoms with van der Waals surface area (Å²) in [6.45, 7) is 4.38. The minimum atomic E-state index is -0.168. The molecule has 35 heavy (non-hydrogen) atoms. The predicted octanol–water partition coefficient (Wildman–Crippen LogP) is 7.73. The molecule has 0 radical (unpaired) electrons. The molecule has 1 heterocycles. The Hall–Kier alpha value is -4.31. The van der Waals surface area contributed by atoms with Crippen molar-refractivity contribution >= 4 is 22.6 Å². The highest BCUT2D eigenvalue weighted by Crippen LogP contribution is 2.31. The molecule has 1 aromatic heterocycles. The first-order chi connectivity index (χ1) is 17.1. The van der Waals surface area contributed by atoms with Crippen LogP contribution in [0.5, 0.6) is 0 Å². The number of nitrogens with one attached hydrogen (secondary N) is 1. The van der Waals surface area contributed by atoms with E-state index in [1.165, 1.54) is 5.56 Å². The standard InChI is InChI=1S/C31H27N3O/c1-3-21(2)22-14-17-26(18-15-22)32-31(35)25-16-19-27-28(20-25)34-30(24-12-8-5-9-13-24)29(33-27)23-10-6-4-7-11-23/h4-21H,3H2,1-2H3,(H,32,35)/t21-/m1/s1. The third-order valence-corrected chi connectivity index (χ3v) is 6.37. The number of benzene rings is 4. The molecule has 5 aromatic rings. The van der Waals surface area contributed by atoms with Gasteiger partial charge in [-0.15, -0.1) is 0 Å². The fourth-order valence-corrected chi connectivity index (χ4v) is 4.12. The highest BCUT2D eigenvalue weighted by molar-refractivity contribution is 6.06. The number of amides is 1. The van der Waals surface area contributed by atoms with Gasteiger partial charge in [0.2, 0.25) is 0 Å². The first kappa shape index (κ1) is 22.5. The van der Waals surface area contributed by atoms with Crippen LogP contribution in [0.1, 0.15) is 42.1 Å². The molecule has 0 saturated carbocycles. The Bertz CT molecular complexity index is 1460. The van der Waals surface area contributed by atoms with Gasteiger partial charge in [0.25, 0.3) is 5.91 Å². The van der Waals surface area contributed by atoms with Gasteiger partial charge in [-0.3, -0.25) is 4.79 Å². The van der Waals surface area contributed by atoms with Crippen molar-refractivity contribution in [1.29, 1.82) is 0 Å². The Kier molecular flexibility index (Phi) is 6.36. The number of anilines is 1. The number of carbonyl (C=O) groups excluding carboxylic acids is 1. The van der Waals surface area contributed by atoms with Crippen molar-refractivity contribution in [3.8, 4) is 22.5 Å². The van der Waals surface area contributed by atoms with E-state index in [1.54, 1.807) is 6.07 Å². The zero-order valence-electron chi connectivity index (χ0n) is 19.9. The molecule has 0 unspecified atom stereocenters. The van der Waals surface area contributed by atoms with Gasteiger partial charge in [-0.25, -0.2) is 9.97 Å². The van der Waals surface area contributed by atoms with Crippen LogP contribution < -0.4 is 5.32 Å². The monoisotopic (exact) mass is 457 g/mol. The fourth-order valence-electron chi connectivity index (χ4n) is 4.12. The fraction of sp³-hybridized carbons (Fsp3) is 0.129. The summed E-state index contributed by atoms with van der Waals surface area (Å²) in [6, 6.07) is 33.6. The van der Waals surface area contributed by atoms with Gasteiger partial charge in [-0.05, 0) is 48.2 Å². The third-order valence-electron chi connectivity index (χ3n) is 6.37. The van der Waals surface area contributed by atoms with Crippen LogP contribution in [0.2, 0.25) is 0 Å². The van der Waals surface area contributed by atoms with Crippen molar-refractivity contribution in [2.24, 2.45) is 0 Å². The third kappa shape index (κ3) is 4.82. The highest BCUT2D eigenvalue weighted by Gasteiger charge is 2.15. The molecule has 5 rings (SSSR count). The van der Waals surface area contributed by atoms with Crippen LogP contribution in [0.25, 0.3) is 33.5 Å². The maximum absolute atomic E-state index is 13.0. The summed E-state index contributed by atoms with van der Waals surface area (Å²) in [6.07, 6.45) is 1.08. The number of carbonyl (C=O) groups is 1. The van der Waals surface area contributed by atoms with E-state index in [2.05, 4.69) is 31.3 Å². The molecule has 0 aliphatic rings. The van der Waals surface area contributed by atoms with Gasteiger partial charge in [-0.1, -0.05) is 86.6 Å². The van der Waals surface area contributed by atoms with Crippen molar-refractivity contribution in [2.45, 2.75) is 26.2 Å². The highest BCUT2D eigenvalue weighted by atomic mass is 16.1. The number of aromatic nitrogens is 2. The Morgan fingerprint density at radius 1 is 0.743 bits per heavy atom. The normalized spacial score (nSPS) is 11.8. The van der Waals surface area contributed by atoms with Crippen LogP contribution in [-0.2, 0) is 0 Å². The molecule has 4 heteroatoms. The smallest absolute Gasteiger partial charge is 0.255 e. The zero-order chi connectivity index (χ0) is 24.2. The van der Waals surface area contributed by atoms with Gasteiger partial charge in [0.1, 0.15) is 0 Å². The molecular weight excluding hydrogens is 430 g/mol. The molecule has 1 N–H and O–H groups in total. The summed E-state index contributed by atoms with van der Waals surface area (Å²) in [7, 11) is 0. The van der Waals surface area contributed by atoms with Gasteiger partial charge in [0.05, 0.1) is 22.4 Å². The van der Waals surface area contributed by atoms with Crippen molar-refractivity contribution in [3.05, 3.63) is 114 Å². The van der Waals surface area contributed by atoms with Gasteiger partial charge in [-0.2, -0.15) is 0 Å². The first-order valence-electron chi connectivity index (χ1n) is 12.0. The van der Waals surface area contributed by atoms with Crippen LogP contribution in [0.3, 0.4) is 0 Å². The zero-order valence-corrected chi connectivity index (χ0v) is 19.9. The second-order valence-corrected chi connectivity index (χ2v) is 8.74. The maximum Gasteiger partial charge on any atom is 0.255 e. The average molecular weight is 458 g/mol. The molecule has 0 aliphatic heterocycles. The first-order valence-corrected chi connectivity index (χ1v) is 12.0. The predicted molar refractivity (Wildman–Crippen MR) is 144 cm³/mol. The summed E-state index contributed by atoms with van der Waals surface area (Å²) >= 11 is 0. The molecule has 1 atom stereocenters. The Labute approximate surface area is 205 Å². The molecule has 0 spiro atoms. The second-order valence-electron chi connectivity index (χ2n) is 8.74. The molecule has 0 saturated heterocycles. The maximum atomic E-state index is 13.0. The van der Waals surface area contributed by atoms with Crippen LogP contribution in [-0.4, -0.2) is 15.9 Å². The number of hydrogen-bond donors (Lipinski definition) is 1. The van der Waals surface area contributed by atoms with Gasteiger partial charge < -0.3 is 5.32 Å². The summed E-state index contributed by atoms with van der Waals surface area (Å²) in [5, 5.41) is 3.00. The van der Waals surface area contributed by atoms with Crippen LogP contribution in [0.15, 0.2) is 103 Å².